The first-order valence-electron chi connectivity index (χ1n) is 11.2. The molecular formula is C23H27N7O3. The zero-order chi connectivity index (χ0) is 22.8. The Labute approximate surface area is 191 Å². The molecule has 2 aliphatic heterocycles. The molecule has 3 aromatic rings. The summed E-state index contributed by atoms with van der Waals surface area (Å²) < 4.78 is 8.92. The Kier molecular flexibility index (Phi) is 5.91. The number of fused-ring (bicyclic) bond motifs is 1. The molecule has 2 amide bonds. The second kappa shape index (κ2) is 9.14. The summed E-state index contributed by atoms with van der Waals surface area (Å²) in [6.45, 7) is 2.62. The van der Waals surface area contributed by atoms with E-state index in [-0.39, 0.29) is 11.7 Å². The summed E-state index contributed by atoms with van der Waals surface area (Å²) in [7, 11) is 1.72. The summed E-state index contributed by atoms with van der Waals surface area (Å²) in [5.41, 5.74) is 2.03. The number of amides is 2. The average molecular weight is 450 g/mol. The first-order chi connectivity index (χ1) is 16.1. The van der Waals surface area contributed by atoms with Crippen molar-refractivity contribution in [3.8, 4) is 0 Å². The topological polar surface area (TPSA) is 107 Å². The lowest BCUT2D eigenvalue weighted by Crippen LogP contribution is -2.47. The fourth-order valence-corrected chi connectivity index (χ4v) is 4.36. The quantitative estimate of drug-likeness (QED) is 0.607. The third-order valence-electron chi connectivity index (χ3n) is 6.17. The highest BCUT2D eigenvalue weighted by Crippen LogP contribution is 2.24. The normalized spacial score (nSPS) is 20.5. The van der Waals surface area contributed by atoms with Crippen LogP contribution in [-0.4, -0.2) is 62.7 Å². The van der Waals surface area contributed by atoms with Gasteiger partial charge in [-0.25, -0.2) is 14.3 Å². The van der Waals surface area contributed by atoms with Crippen LogP contribution in [0.1, 0.15) is 34.7 Å². The van der Waals surface area contributed by atoms with Gasteiger partial charge in [-0.15, -0.1) is 5.10 Å². The van der Waals surface area contributed by atoms with E-state index in [4.69, 9.17) is 9.84 Å². The highest BCUT2D eigenvalue weighted by Gasteiger charge is 2.32. The van der Waals surface area contributed by atoms with Crippen molar-refractivity contribution >= 4 is 17.6 Å². The number of nitrogens with zero attached hydrogens (tertiary/aromatic N) is 6. The monoisotopic (exact) mass is 449 g/mol. The van der Waals surface area contributed by atoms with Gasteiger partial charge in [-0.1, -0.05) is 30.3 Å². The highest BCUT2D eigenvalue weighted by molar-refractivity contribution is 6.00. The van der Waals surface area contributed by atoms with Crippen molar-refractivity contribution in [2.75, 3.05) is 25.2 Å². The Morgan fingerprint density at radius 3 is 2.85 bits per heavy atom. The number of anilines is 1. The maximum Gasteiger partial charge on any atom is 0.291 e. The van der Waals surface area contributed by atoms with Crippen molar-refractivity contribution < 1.29 is 14.3 Å². The minimum atomic E-state index is -0.669. The lowest BCUT2D eigenvalue weighted by Gasteiger charge is -2.20. The number of likely N-dealkylation sites (N-methyl/N-ethyl adjacent to an activating group) is 1. The van der Waals surface area contributed by atoms with Crippen LogP contribution in [0, 0.1) is 5.92 Å². The summed E-state index contributed by atoms with van der Waals surface area (Å²) in [5.74, 6) is 0.628. The smallest absolute Gasteiger partial charge is 0.291 e. The van der Waals surface area contributed by atoms with Gasteiger partial charge in [0.25, 0.3) is 11.8 Å². The molecule has 4 heterocycles. The van der Waals surface area contributed by atoms with Crippen LogP contribution < -0.4 is 10.2 Å². The number of rotatable bonds is 6. The van der Waals surface area contributed by atoms with Gasteiger partial charge < -0.3 is 10.1 Å². The number of hydrogen-bond acceptors (Lipinski definition) is 6. The van der Waals surface area contributed by atoms with Crippen molar-refractivity contribution in [1.82, 2.24) is 29.9 Å². The van der Waals surface area contributed by atoms with Crippen LogP contribution >= 0.6 is 0 Å². The van der Waals surface area contributed by atoms with Crippen molar-refractivity contribution in [3.63, 3.8) is 0 Å². The number of carbonyl (C=O) groups excluding carboxylic acids is 2. The van der Waals surface area contributed by atoms with Gasteiger partial charge in [0.1, 0.15) is 18.2 Å². The zero-order valence-corrected chi connectivity index (χ0v) is 18.6. The number of ether oxygens (including phenoxy) is 1. The molecular weight excluding hydrogens is 422 g/mol. The predicted molar refractivity (Wildman–Crippen MR) is 120 cm³/mol. The Bertz CT molecular complexity index is 1130. The number of hydrogen-bond donors (Lipinski definition) is 1. The predicted octanol–water partition coefficient (Wildman–Crippen LogP) is 1.27. The molecule has 2 aromatic heterocycles. The summed E-state index contributed by atoms with van der Waals surface area (Å²) in [4.78, 5) is 31.5. The summed E-state index contributed by atoms with van der Waals surface area (Å²) >= 11 is 0. The molecule has 0 aliphatic carbocycles. The third-order valence-corrected chi connectivity index (χ3v) is 6.17. The Balaban J connectivity index is 1.22. The summed E-state index contributed by atoms with van der Waals surface area (Å²) in [6.07, 6.45) is 3.86. The number of aromatic nitrogens is 5. The molecule has 2 unspecified atom stereocenters. The molecule has 172 valence electrons. The van der Waals surface area contributed by atoms with E-state index < -0.39 is 11.9 Å². The molecule has 10 nitrogen and oxygen atoms in total. The van der Waals surface area contributed by atoms with Crippen molar-refractivity contribution in [3.05, 3.63) is 59.8 Å². The molecule has 33 heavy (non-hydrogen) atoms. The number of benzene rings is 1. The van der Waals surface area contributed by atoms with Crippen LogP contribution in [0.3, 0.4) is 0 Å². The van der Waals surface area contributed by atoms with Gasteiger partial charge in [0.2, 0.25) is 5.82 Å². The largest absolute Gasteiger partial charge is 0.381 e. The second-order valence-corrected chi connectivity index (χ2v) is 8.61. The Hall–Kier alpha value is -3.53. The first kappa shape index (κ1) is 21.3. The molecule has 2 aliphatic rings. The van der Waals surface area contributed by atoms with Gasteiger partial charge in [0.05, 0.1) is 12.2 Å². The molecule has 0 spiro atoms. The minimum Gasteiger partial charge on any atom is -0.381 e. The molecule has 0 saturated carbocycles. The zero-order valence-electron chi connectivity index (χ0n) is 18.6. The van der Waals surface area contributed by atoms with E-state index in [1.54, 1.807) is 16.6 Å². The first-order valence-corrected chi connectivity index (χ1v) is 11.2. The fourth-order valence-electron chi connectivity index (χ4n) is 4.36. The van der Waals surface area contributed by atoms with Crippen LogP contribution in [0.2, 0.25) is 0 Å². The Morgan fingerprint density at radius 2 is 2.06 bits per heavy atom. The Morgan fingerprint density at radius 1 is 1.21 bits per heavy atom. The number of carbonyl (C=O) groups is 2. The van der Waals surface area contributed by atoms with E-state index in [0.717, 1.165) is 43.1 Å². The SMILES string of the molecule is CN1C(=O)C(NC(=O)c2ncn(Cc3ccccc3)n2)CCn2nc(CC3CCOC3)cc21. The molecule has 10 heteroatoms. The van der Waals surface area contributed by atoms with E-state index in [1.807, 2.05) is 41.1 Å². The van der Waals surface area contributed by atoms with Crippen molar-refractivity contribution in [2.24, 2.45) is 5.92 Å². The minimum absolute atomic E-state index is 0.0458. The van der Waals surface area contributed by atoms with Gasteiger partial charge in [0.15, 0.2) is 0 Å². The van der Waals surface area contributed by atoms with E-state index in [1.165, 1.54) is 6.33 Å². The lowest BCUT2D eigenvalue weighted by molar-refractivity contribution is -0.120. The average Bonchev–Trinajstić information content (AvgIpc) is 3.57. The fraction of sp³-hybridized carbons (Fsp3) is 0.435. The molecule has 1 saturated heterocycles. The third kappa shape index (κ3) is 4.65. The standard InChI is InChI=1S/C23H27N7O3/c1-28-20-12-18(11-17-8-10-33-14-17)26-30(20)9-7-19(23(28)32)25-22(31)21-24-15-29(27-21)13-16-5-3-2-4-6-16/h2-6,12,15,17,19H,7-11,13-14H2,1H3,(H,25,31). The van der Waals surface area contributed by atoms with Crippen LogP contribution in [0.25, 0.3) is 0 Å². The van der Waals surface area contributed by atoms with E-state index in [9.17, 15) is 9.59 Å². The van der Waals surface area contributed by atoms with Gasteiger partial charge in [-0.2, -0.15) is 5.10 Å². The van der Waals surface area contributed by atoms with Gasteiger partial charge in [0, 0.05) is 32.9 Å². The number of aryl methyl sites for hydroxylation is 1. The maximum absolute atomic E-state index is 13.1. The van der Waals surface area contributed by atoms with Gasteiger partial charge in [-0.05, 0) is 30.7 Å². The van der Waals surface area contributed by atoms with Gasteiger partial charge in [-0.3, -0.25) is 14.5 Å². The molecule has 5 rings (SSSR count). The van der Waals surface area contributed by atoms with E-state index in [0.29, 0.717) is 25.4 Å². The molecule has 1 N–H and O–H groups in total. The van der Waals surface area contributed by atoms with Crippen LogP contribution in [-0.2, 0) is 29.0 Å². The summed E-state index contributed by atoms with van der Waals surface area (Å²) in [5, 5.41) is 11.8. The van der Waals surface area contributed by atoms with E-state index >= 15 is 0 Å². The van der Waals surface area contributed by atoms with Gasteiger partial charge >= 0.3 is 0 Å². The second-order valence-electron chi connectivity index (χ2n) is 8.61. The lowest BCUT2D eigenvalue weighted by atomic mass is 10.0. The number of nitrogens with one attached hydrogen (secondary N) is 1. The molecule has 1 aromatic carbocycles. The van der Waals surface area contributed by atoms with Crippen molar-refractivity contribution in [1.29, 1.82) is 0 Å². The van der Waals surface area contributed by atoms with Crippen LogP contribution in [0.5, 0.6) is 0 Å². The molecule has 0 radical (unpaired) electrons. The highest BCUT2D eigenvalue weighted by atomic mass is 16.5. The van der Waals surface area contributed by atoms with E-state index in [2.05, 4.69) is 15.4 Å². The molecule has 1 fully saturated rings. The van der Waals surface area contributed by atoms with Crippen LogP contribution in [0.15, 0.2) is 42.7 Å². The maximum atomic E-state index is 13.1. The molecule has 2 atom stereocenters. The summed E-state index contributed by atoms with van der Waals surface area (Å²) in [6, 6.07) is 11.1. The van der Waals surface area contributed by atoms with Crippen molar-refractivity contribution in [2.45, 2.75) is 38.4 Å². The molecule has 0 bridgehead atoms. The van der Waals surface area contributed by atoms with Crippen LogP contribution in [0.4, 0.5) is 5.82 Å².